The van der Waals surface area contributed by atoms with Crippen molar-refractivity contribution in [3.8, 4) is 44.5 Å². The van der Waals surface area contributed by atoms with Crippen LogP contribution in [0.5, 0.6) is 0 Å². The fraction of sp³-hybridized carbons (Fsp3) is 0.0625. The quantitative estimate of drug-likeness (QED) is 0.159. The topological polar surface area (TPSA) is 16.4 Å². The largest absolute Gasteiger partial charge is 0.455 e. The van der Waals surface area contributed by atoms with Gasteiger partial charge in [-0.1, -0.05) is 214 Å². The molecule has 0 aliphatic heterocycles. The first-order valence-corrected chi connectivity index (χ1v) is 23.0. The van der Waals surface area contributed by atoms with E-state index in [1.165, 1.54) is 66.8 Å². The molecule has 2 nitrogen and oxygen atoms in total. The minimum absolute atomic E-state index is 0.125. The van der Waals surface area contributed by atoms with E-state index in [1.54, 1.807) is 0 Å². The van der Waals surface area contributed by atoms with Crippen molar-refractivity contribution in [2.45, 2.75) is 24.7 Å². The van der Waals surface area contributed by atoms with E-state index in [4.69, 9.17) is 4.42 Å². The molecule has 0 amide bonds. The molecule has 11 aromatic rings. The van der Waals surface area contributed by atoms with Crippen molar-refractivity contribution in [2.75, 3.05) is 4.90 Å². The van der Waals surface area contributed by atoms with E-state index in [9.17, 15) is 0 Å². The summed E-state index contributed by atoms with van der Waals surface area (Å²) in [6.45, 7) is 4.72. The minimum Gasteiger partial charge on any atom is -0.455 e. The average Bonchev–Trinajstić information content (AvgIpc) is 3.99. The molecule has 2 heteroatoms. The molecule has 2 aliphatic rings. The zero-order valence-electron chi connectivity index (χ0n) is 36.9. The number of benzene rings is 10. The molecular formula is C64H45NO. The second kappa shape index (κ2) is 14.7. The molecule has 0 radical (unpaired) electrons. The van der Waals surface area contributed by atoms with Crippen LogP contribution in [-0.2, 0) is 10.8 Å². The molecule has 0 fully saturated rings. The molecular weight excluding hydrogens is 799 g/mol. The van der Waals surface area contributed by atoms with Crippen molar-refractivity contribution < 1.29 is 4.42 Å². The van der Waals surface area contributed by atoms with Gasteiger partial charge in [0.05, 0.1) is 11.1 Å². The summed E-state index contributed by atoms with van der Waals surface area (Å²) in [6.07, 6.45) is 0. The summed E-state index contributed by atoms with van der Waals surface area (Å²) in [5.74, 6) is 0. The SMILES string of the molecule is CC1(C)c2ccccc2-c2c(-c3ccccc3N(c3cccc(-c4cccc5c4oc4ccccc45)c3)c3ccc4c(c3)-c3ccccc3C4(c3ccccc3)c3ccccc3)cccc21. The lowest BCUT2D eigenvalue weighted by atomic mass is 9.68. The normalized spacial score (nSPS) is 13.8. The number of rotatable bonds is 7. The van der Waals surface area contributed by atoms with Gasteiger partial charge in [0.2, 0.25) is 0 Å². The van der Waals surface area contributed by atoms with E-state index in [2.05, 4.69) is 249 Å². The summed E-state index contributed by atoms with van der Waals surface area (Å²) < 4.78 is 6.64. The van der Waals surface area contributed by atoms with Crippen LogP contribution in [0.25, 0.3) is 66.4 Å². The lowest BCUT2D eigenvalue weighted by Gasteiger charge is -2.34. The van der Waals surface area contributed by atoms with Gasteiger partial charge < -0.3 is 9.32 Å². The lowest BCUT2D eigenvalue weighted by Crippen LogP contribution is -2.28. The van der Waals surface area contributed by atoms with Crippen molar-refractivity contribution in [1.82, 2.24) is 0 Å². The predicted molar refractivity (Wildman–Crippen MR) is 274 cm³/mol. The first-order valence-electron chi connectivity index (χ1n) is 23.0. The molecule has 0 unspecified atom stereocenters. The molecule has 0 atom stereocenters. The number of anilines is 3. The zero-order chi connectivity index (χ0) is 44.0. The standard InChI is InChI=1S/C64H45NO/c1-63(2)55-33-13-10-29-53(55)61-51(31-19-35-58(61)63)49-27-11-15-36-59(49)65(45-25-17-20-42(40-45)47-30-18-32-52-50-28-12-16-37-60(50)66-62(47)52)46-38-39-57-54(41-46)48-26-9-14-34-56(48)64(57,43-21-5-3-6-22-43)44-23-7-4-8-24-44/h3-41H,1-2H3. The molecule has 0 saturated carbocycles. The number of furan rings is 1. The van der Waals surface area contributed by atoms with Gasteiger partial charge in [0.1, 0.15) is 11.2 Å². The first kappa shape index (κ1) is 38.3. The van der Waals surface area contributed by atoms with Gasteiger partial charge in [-0.15, -0.1) is 0 Å². The zero-order valence-corrected chi connectivity index (χ0v) is 36.9. The van der Waals surface area contributed by atoms with Gasteiger partial charge in [-0.25, -0.2) is 0 Å². The third-order valence-corrected chi connectivity index (χ3v) is 14.6. The van der Waals surface area contributed by atoms with Crippen LogP contribution in [0.3, 0.4) is 0 Å². The predicted octanol–water partition coefficient (Wildman–Crippen LogP) is 17.1. The maximum absolute atomic E-state index is 6.64. The van der Waals surface area contributed by atoms with Gasteiger partial charge in [-0.2, -0.15) is 0 Å². The molecule has 13 rings (SSSR count). The van der Waals surface area contributed by atoms with Crippen molar-refractivity contribution in [1.29, 1.82) is 0 Å². The summed E-state index contributed by atoms with van der Waals surface area (Å²) in [7, 11) is 0. The molecule has 1 aromatic heterocycles. The Balaban J connectivity index is 1.07. The average molecular weight is 844 g/mol. The Morgan fingerprint density at radius 3 is 1.73 bits per heavy atom. The Morgan fingerprint density at radius 1 is 0.364 bits per heavy atom. The van der Waals surface area contributed by atoms with Crippen molar-refractivity contribution >= 4 is 39.0 Å². The molecule has 66 heavy (non-hydrogen) atoms. The molecule has 0 N–H and O–H groups in total. The Kier molecular flexibility index (Phi) is 8.51. The highest BCUT2D eigenvalue weighted by molar-refractivity contribution is 6.10. The highest BCUT2D eigenvalue weighted by Gasteiger charge is 2.46. The highest BCUT2D eigenvalue weighted by Crippen LogP contribution is 2.58. The third kappa shape index (κ3) is 5.48. The van der Waals surface area contributed by atoms with Crippen molar-refractivity contribution in [2.24, 2.45) is 0 Å². The lowest BCUT2D eigenvalue weighted by molar-refractivity contribution is 0.660. The van der Waals surface area contributed by atoms with Gasteiger partial charge in [-0.05, 0) is 103 Å². The summed E-state index contributed by atoms with van der Waals surface area (Å²) in [5.41, 5.74) is 21.9. The molecule has 0 saturated heterocycles. The monoisotopic (exact) mass is 843 g/mol. The van der Waals surface area contributed by atoms with Gasteiger partial charge in [0.15, 0.2) is 0 Å². The minimum atomic E-state index is -0.494. The van der Waals surface area contributed by atoms with E-state index in [0.717, 1.165) is 50.1 Å². The van der Waals surface area contributed by atoms with E-state index >= 15 is 0 Å². The van der Waals surface area contributed by atoms with E-state index in [0.29, 0.717) is 0 Å². The summed E-state index contributed by atoms with van der Waals surface area (Å²) in [4.78, 5) is 2.48. The smallest absolute Gasteiger partial charge is 0.143 e. The van der Waals surface area contributed by atoms with E-state index < -0.39 is 5.41 Å². The van der Waals surface area contributed by atoms with Crippen LogP contribution in [0.15, 0.2) is 241 Å². The molecule has 312 valence electrons. The summed E-state index contributed by atoms with van der Waals surface area (Å²) in [6, 6.07) is 87.0. The van der Waals surface area contributed by atoms with Gasteiger partial charge in [-0.3, -0.25) is 0 Å². The van der Waals surface area contributed by atoms with Crippen LogP contribution in [-0.4, -0.2) is 0 Å². The summed E-state index contributed by atoms with van der Waals surface area (Å²) in [5, 5.41) is 2.25. The van der Waals surface area contributed by atoms with E-state index in [-0.39, 0.29) is 5.41 Å². The molecule has 1 heterocycles. The maximum atomic E-state index is 6.64. The first-order chi connectivity index (χ1) is 32.5. The van der Waals surface area contributed by atoms with Crippen LogP contribution in [0.2, 0.25) is 0 Å². The van der Waals surface area contributed by atoms with Crippen molar-refractivity contribution in [3.63, 3.8) is 0 Å². The van der Waals surface area contributed by atoms with Crippen LogP contribution in [0.1, 0.15) is 47.2 Å². The Labute approximate surface area is 385 Å². The number of hydrogen-bond donors (Lipinski definition) is 0. The number of fused-ring (bicyclic) bond motifs is 9. The van der Waals surface area contributed by atoms with Crippen LogP contribution < -0.4 is 4.90 Å². The number of nitrogens with zero attached hydrogens (tertiary/aromatic N) is 1. The summed E-state index contributed by atoms with van der Waals surface area (Å²) >= 11 is 0. The second-order valence-corrected chi connectivity index (χ2v) is 18.3. The third-order valence-electron chi connectivity index (χ3n) is 14.6. The van der Waals surface area contributed by atoms with Crippen molar-refractivity contribution in [3.05, 3.63) is 270 Å². The van der Waals surface area contributed by atoms with E-state index in [1.807, 2.05) is 6.07 Å². The Hall–Kier alpha value is -8.20. The molecule has 0 bridgehead atoms. The van der Waals surface area contributed by atoms with Crippen LogP contribution in [0.4, 0.5) is 17.1 Å². The van der Waals surface area contributed by atoms with Gasteiger partial charge in [0.25, 0.3) is 0 Å². The Bertz CT molecular complexity index is 3650. The van der Waals surface area contributed by atoms with Crippen LogP contribution >= 0.6 is 0 Å². The highest BCUT2D eigenvalue weighted by atomic mass is 16.3. The maximum Gasteiger partial charge on any atom is 0.143 e. The number of para-hydroxylation sites is 3. The van der Waals surface area contributed by atoms with Gasteiger partial charge >= 0.3 is 0 Å². The molecule has 2 aliphatic carbocycles. The van der Waals surface area contributed by atoms with Gasteiger partial charge in [0, 0.05) is 38.7 Å². The fourth-order valence-corrected chi connectivity index (χ4v) is 11.7. The fourth-order valence-electron chi connectivity index (χ4n) is 11.7. The Morgan fingerprint density at radius 2 is 0.924 bits per heavy atom. The second-order valence-electron chi connectivity index (χ2n) is 18.3. The van der Waals surface area contributed by atoms with Crippen LogP contribution in [0, 0.1) is 0 Å². The number of hydrogen-bond acceptors (Lipinski definition) is 2. The molecule has 0 spiro atoms. The molecule has 10 aromatic carbocycles.